The lowest BCUT2D eigenvalue weighted by Gasteiger charge is -2.32. The summed E-state index contributed by atoms with van der Waals surface area (Å²) < 4.78 is 0. The van der Waals surface area contributed by atoms with Crippen LogP contribution in [0.25, 0.3) is 0 Å². The molecule has 0 radical (unpaired) electrons. The van der Waals surface area contributed by atoms with Crippen molar-refractivity contribution < 1.29 is 4.79 Å². The smallest absolute Gasteiger partial charge is 0.133 e. The molecular formula is C13H21NOS. The average Bonchev–Trinajstić information content (AvgIpc) is 2.71. The Bertz CT molecular complexity index is 310. The summed E-state index contributed by atoms with van der Waals surface area (Å²) in [5, 5.41) is 4.35. The van der Waals surface area contributed by atoms with Gasteiger partial charge in [0.25, 0.3) is 0 Å². The molecule has 0 aliphatic rings. The molecule has 0 bridgehead atoms. The fraction of sp³-hybridized carbons (Fsp3) is 0.615. The molecule has 3 heteroatoms. The predicted molar refractivity (Wildman–Crippen MR) is 70.1 cm³/mol. The van der Waals surface area contributed by atoms with E-state index < -0.39 is 0 Å². The Balaban J connectivity index is 2.76. The normalized spacial score (nSPS) is 15.0. The third kappa shape index (κ3) is 3.42. The molecule has 1 unspecified atom stereocenters. The van der Waals surface area contributed by atoms with Crippen LogP contribution in [0, 0.1) is 0 Å². The third-order valence-electron chi connectivity index (χ3n) is 3.02. The minimum absolute atomic E-state index is 0.173. The molecule has 0 aromatic carbocycles. The summed E-state index contributed by atoms with van der Waals surface area (Å²) in [6.45, 7) is 5.96. The van der Waals surface area contributed by atoms with Crippen molar-refractivity contribution in [3.63, 3.8) is 0 Å². The van der Waals surface area contributed by atoms with E-state index in [9.17, 15) is 4.79 Å². The number of likely N-dealkylation sites (N-methyl/N-ethyl adjacent to an activating group) is 1. The highest BCUT2D eigenvalue weighted by Gasteiger charge is 2.27. The Morgan fingerprint density at radius 3 is 2.81 bits per heavy atom. The standard InChI is InChI=1S/C13H21NOS/c1-4-6-13(2,11-14(3)7-8-15)12-5-9-16-10-12/h5,8-10H,4,6-7,11H2,1-3H3. The Morgan fingerprint density at radius 1 is 1.56 bits per heavy atom. The molecule has 1 atom stereocenters. The van der Waals surface area contributed by atoms with Gasteiger partial charge >= 0.3 is 0 Å². The maximum Gasteiger partial charge on any atom is 0.133 e. The molecular weight excluding hydrogens is 218 g/mol. The number of thiophene rings is 1. The SMILES string of the molecule is CCCC(C)(CN(C)CC=O)c1ccsc1. The van der Waals surface area contributed by atoms with Crippen molar-refractivity contribution in [2.45, 2.75) is 32.1 Å². The molecule has 1 rings (SSSR count). The van der Waals surface area contributed by atoms with Gasteiger partial charge in [-0.2, -0.15) is 11.3 Å². The number of rotatable bonds is 7. The third-order valence-corrected chi connectivity index (χ3v) is 3.71. The summed E-state index contributed by atoms with van der Waals surface area (Å²) in [7, 11) is 2.01. The minimum Gasteiger partial charge on any atom is -0.302 e. The highest BCUT2D eigenvalue weighted by Crippen LogP contribution is 2.31. The first-order valence-corrected chi connectivity index (χ1v) is 6.71. The van der Waals surface area contributed by atoms with Crippen LogP contribution in [0.15, 0.2) is 16.8 Å². The summed E-state index contributed by atoms with van der Waals surface area (Å²) in [5.74, 6) is 0. The Morgan fingerprint density at radius 2 is 2.31 bits per heavy atom. The maximum absolute atomic E-state index is 10.5. The van der Waals surface area contributed by atoms with Crippen LogP contribution in [-0.4, -0.2) is 31.3 Å². The van der Waals surface area contributed by atoms with Gasteiger partial charge in [0.1, 0.15) is 6.29 Å². The van der Waals surface area contributed by atoms with Gasteiger partial charge in [-0.3, -0.25) is 4.90 Å². The summed E-state index contributed by atoms with van der Waals surface area (Å²) in [5.41, 5.74) is 1.57. The van der Waals surface area contributed by atoms with Crippen molar-refractivity contribution in [1.82, 2.24) is 4.90 Å². The number of carbonyl (C=O) groups is 1. The van der Waals surface area contributed by atoms with E-state index in [0.717, 1.165) is 19.3 Å². The van der Waals surface area contributed by atoms with Crippen molar-refractivity contribution >= 4 is 17.6 Å². The molecule has 1 aromatic rings. The molecule has 0 aliphatic heterocycles. The van der Waals surface area contributed by atoms with Crippen LogP contribution < -0.4 is 0 Å². The van der Waals surface area contributed by atoms with E-state index in [-0.39, 0.29) is 5.41 Å². The summed E-state index contributed by atoms with van der Waals surface area (Å²) >= 11 is 1.74. The van der Waals surface area contributed by atoms with Crippen molar-refractivity contribution in [1.29, 1.82) is 0 Å². The van der Waals surface area contributed by atoms with Gasteiger partial charge in [0, 0.05) is 12.0 Å². The molecule has 0 spiro atoms. The van der Waals surface area contributed by atoms with Crippen LogP contribution in [0.2, 0.25) is 0 Å². The maximum atomic E-state index is 10.5. The zero-order valence-electron chi connectivity index (χ0n) is 10.4. The molecule has 0 saturated heterocycles. The van der Waals surface area contributed by atoms with Crippen molar-refractivity contribution in [3.05, 3.63) is 22.4 Å². The fourth-order valence-corrected chi connectivity index (χ4v) is 3.08. The van der Waals surface area contributed by atoms with Crippen LogP contribution in [0.4, 0.5) is 0 Å². The van der Waals surface area contributed by atoms with Gasteiger partial charge in [-0.05, 0) is 35.9 Å². The van der Waals surface area contributed by atoms with Gasteiger partial charge in [0.15, 0.2) is 0 Å². The van der Waals surface area contributed by atoms with Crippen LogP contribution in [0.5, 0.6) is 0 Å². The van der Waals surface area contributed by atoms with Gasteiger partial charge < -0.3 is 4.79 Å². The van der Waals surface area contributed by atoms with E-state index in [1.54, 1.807) is 11.3 Å². The van der Waals surface area contributed by atoms with Crippen LogP contribution in [0.3, 0.4) is 0 Å². The monoisotopic (exact) mass is 239 g/mol. The quantitative estimate of drug-likeness (QED) is 0.682. The molecule has 0 saturated carbocycles. The Hall–Kier alpha value is -0.670. The number of carbonyl (C=O) groups excluding carboxylic acids is 1. The van der Waals surface area contributed by atoms with Gasteiger partial charge in [0.2, 0.25) is 0 Å². The molecule has 16 heavy (non-hydrogen) atoms. The zero-order chi connectivity index (χ0) is 12.0. The lowest BCUT2D eigenvalue weighted by molar-refractivity contribution is -0.108. The zero-order valence-corrected chi connectivity index (χ0v) is 11.2. The van der Waals surface area contributed by atoms with E-state index >= 15 is 0 Å². The van der Waals surface area contributed by atoms with Gasteiger partial charge in [-0.25, -0.2) is 0 Å². The Kier molecular flexibility index (Phi) is 5.16. The van der Waals surface area contributed by atoms with E-state index in [1.165, 1.54) is 12.0 Å². The lowest BCUT2D eigenvalue weighted by Crippen LogP contribution is -2.37. The number of hydrogen-bond donors (Lipinski definition) is 0. The number of nitrogens with zero attached hydrogens (tertiary/aromatic N) is 1. The summed E-state index contributed by atoms with van der Waals surface area (Å²) in [6, 6.07) is 2.20. The van der Waals surface area contributed by atoms with Gasteiger partial charge in [0.05, 0.1) is 6.54 Å². The van der Waals surface area contributed by atoms with E-state index in [2.05, 4.69) is 35.6 Å². The van der Waals surface area contributed by atoms with E-state index in [4.69, 9.17) is 0 Å². The highest BCUT2D eigenvalue weighted by molar-refractivity contribution is 7.08. The largest absolute Gasteiger partial charge is 0.302 e. The first-order valence-electron chi connectivity index (χ1n) is 5.77. The minimum atomic E-state index is 0.173. The average molecular weight is 239 g/mol. The second-order valence-electron chi connectivity index (χ2n) is 4.69. The van der Waals surface area contributed by atoms with Gasteiger partial charge in [-0.1, -0.05) is 20.3 Å². The van der Waals surface area contributed by atoms with Crippen molar-refractivity contribution in [2.75, 3.05) is 20.1 Å². The van der Waals surface area contributed by atoms with Gasteiger partial charge in [-0.15, -0.1) is 0 Å². The number of hydrogen-bond acceptors (Lipinski definition) is 3. The molecule has 0 fully saturated rings. The van der Waals surface area contributed by atoms with E-state index in [1.807, 2.05) is 7.05 Å². The summed E-state index contributed by atoms with van der Waals surface area (Å²) in [4.78, 5) is 12.6. The second kappa shape index (κ2) is 6.16. The predicted octanol–water partition coefficient (Wildman–Crippen LogP) is 2.94. The number of aldehydes is 1. The van der Waals surface area contributed by atoms with Crippen molar-refractivity contribution in [3.8, 4) is 0 Å². The topological polar surface area (TPSA) is 20.3 Å². The molecule has 1 aromatic heterocycles. The molecule has 0 aliphatic carbocycles. The van der Waals surface area contributed by atoms with E-state index in [0.29, 0.717) is 6.54 Å². The van der Waals surface area contributed by atoms with Crippen LogP contribution in [0.1, 0.15) is 32.3 Å². The summed E-state index contributed by atoms with van der Waals surface area (Å²) in [6.07, 6.45) is 3.30. The van der Waals surface area contributed by atoms with Crippen LogP contribution >= 0.6 is 11.3 Å². The molecule has 0 N–H and O–H groups in total. The Labute approximate surface area is 102 Å². The first kappa shape index (κ1) is 13.4. The second-order valence-corrected chi connectivity index (χ2v) is 5.47. The van der Waals surface area contributed by atoms with Crippen molar-refractivity contribution in [2.24, 2.45) is 0 Å². The lowest BCUT2D eigenvalue weighted by atomic mass is 9.79. The molecule has 0 amide bonds. The molecule has 2 nitrogen and oxygen atoms in total. The van der Waals surface area contributed by atoms with Crippen LogP contribution in [-0.2, 0) is 10.2 Å². The molecule has 90 valence electrons. The first-order chi connectivity index (χ1) is 7.62. The fourth-order valence-electron chi connectivity index (χ4n) is 2.26. The molecule has 1 heterocycles. The highest BCUT2D eigenvalue weighted by atomic mass is 32.1.